The Hall–Kier alpha value is -5.57. The van der Waals surface area contributed by atoms with Gasteiger partial charge in [-0.15, -0.1) is 0 Å². The van der Waals surface area contributed by atoms with Gasteiger partial charge < -0.3 is 18.8 Å². The van der Waals surface area contributed by atoms with Gasteiger partial charge in [0.05, 0.1) is 22.2 Å². The smallest absolute Gasteiger partial charge is 0.489 e. The highest BCUT2D eigenvalue weighted by Crippen LogP contribution is 2.45. The van der Waals surface area contributed by atoms with Crippen molar-refractivity contribution in [3.8, 4) is 23.0 Å². The summed E-state index contributed by atoms with van der Waals surface area (Å²) < 4.78 is 79.3. The first-order valence-electron chi connectivity index (χ1n) is 12.9. The third kappa shape index (κ3) is 4.96. The molecule has 0 unspecified atom stereocenters. The van der Waals surface area contributed by atoms with Crippen molar-refractivity contribution in [1.82, 2.24) is 9.47 Å². The lowest BCUT2D eigenvalue weighted by molar-refractivity contribution is -0.0500. The van der Waals surface area contributed by atoms with Crippen LogP contribution in [0.15, 0.2) is 78.9 Å². The number of halogens is 3. The van der Waals surface area contributed by atoms with Crippen LogP contribution in [0.4, 0.5) is 18.0 Å². The zero-order valence-electron chi connectivity index (χ0n) is 22.9. The molecule has 0 saturated heterocycles. The van der Waals surface area contributed by atoms with Crippen LogP contribution in [0.5, 0.6) is 23.0 Å². The molecule has 0 radical (unpaired) electrons. The lowest BCUT2D eigenvalue weighted by atomic mass is 10.0. The van der Waals surface area contributed by atoms with Crippen molar-refractivity contribution < 1.29 is 54.7 Å². The Bertz CT molecular complexity index is 2160. The van der Waals surface area contributed by atoms with Crippen molar-refractivity contribution in [2.75, 3.05) is 7.05 Å². The molecule has 0 aliphatic carbocycles. The average molecular weight is 641 g/mol. The lowest BCUT2D eigenvalue weighted by Gasteiger charge is -2.15. The minimum atomic E-state index is -6.11. The molecule has 2 heterocycles. The molecule has 2 amide bonds. The summed E-state index contributed by atoms with van der Waals surface area (Å²) >= 11 is 0. The van der Waals surface area contributed by atoms with Crippen LogP contribution in [-0.4, -0.2) is 53.5 Å². The molecule has 45 heavy (non-hydrogen) atoms. The summed E-state index contributed by atoms with van der Waals surface area (Å²) in [5.41, 5.74) is -5.40. The predicted octanol–water partition coefficient (Wildman–Crippen LogP) is 6.15. The van der Waals surface area contributed by atoms with Crippen LogP contribution in [0, 0.1) is 0 Å². The first kappa shape index (κ1) is 29.5. The Balaban J connectivity index is 1.53. The molecule has 11 nitrogen and oxygen atoms in total. The average Bonchev–Trinajstić information content (AvgIpc) is 3.43. The number of carboxylic acid groups (broad SMARTS) is 1. The van der Waals surface area contributed by atoms with E-state index in [2.05, 4.69) is 4.18 Å². The van der Waals surface area contributed by atoms with Crippen LogP contribution in [0.1, 0.15) is 26.3 Å². The number of para-hydroxylation sites is 2. The van der Waals surface area contributed by atoms with Crippen LogP contribution >= 0.6 is 0 Å². The molecule has 5 aromatic rings. The van der Waals surface area contributed by atoms with Gasteiger partial charge in [-0.05, 0) is 29.8 Å². The summed E-state index contributed by atoms with van der Waals surface area (Å²) in [5, 5.41) is 10.6. The third-order valence-electron chi connectivity index (χ3n) is 7.02. The highest BCUT2D eigenvalue weighted by atomic mass is 32.2. The maximum Gasteiger partial charge on any atom is 0.534 e. The minimum Gasteiger partial charge on any atom is -0.489 e. The molecule has 4 aromatic carbocycles. The van der Waals surface area contributed by atoms with E-state index in [-0.39, 0.29) is 34.2 Å². The quantitative estimate of drug-likeness (QED) is 0.126. The largest absolute Gasteiger partial charge is 0.534 e. The van der Waals surface area contributed by atoms with E-state index in [1.54, 1.807) is 12.1 Å². The second-order valence-electron chi connectivity index (χ2n) is 9.79. The fraction of sp³-hybridized carbons (Fsp3) is 0.100. The van der Waals surface area contributed by atoms with E-state index in [9.17, 15) is 41.1 Å². The number of nitrogens with zero attached hydrogens (tertiary/aromatic N) is 2. The van der Waals surface area contributed by atoms with Gasteiger partial charge in [-0.3, -0.25) is 14.5 Å². The van der Waals surface area contributed by atoms with Gasteiger partial charge in [0.1, 0.15) is 18.1 Å². The fourth-order valence-electron chi connectivity index (χ4n) is 4.99. The first-order chi connectivity index (χ1) is 21.3. The fourth-order valence-corrected chi connectivity index (χ4v) is 5.46. The zero-order valence-corrected chi connectivity index (χ0v) is 23.7. The second kappa shape index (κ2) is 10.6. The number of fused-ring (bicyclic) bond motifs is 5. The van der Waals surface area contributed by atoms with Crippen LogP contribution in [0.25, 0.3) is 21.8 Å². The number of rotatable bonds is 7. The van der Waals surface area contributed by atoms with Gasteiger partial charge in [-0.25, -0.2) is 9.36 Å². The molecule has 0 spiro atoms. The van der Waals surface area contributed by atoms with Crippen molar-refractivity contribution in [1.29, 1.82) is 0 Å². The number of aromatic nitrogens is 1. The number of carbonyl (C=O) groups excluding carboxylic acids is 2. The number of alkyl halides is 3. The molecule has 0 atom stereocenters. The van der Waals surface area contributed by atoms with E-state index in [4.69, 9.17) is 9.47 Å². The standard InChI is InChI=1S/C30H19F3N2O9S/c1-34-27(36)25-23(43-21-9-5-6-10-22(21)44-45(40,41)30(31,32)33)14-20-24(26(25)28(34)37)18-12-11-17(13-19(18)35(20)29(38)39)42-15-16-7-3-2-4-8-16/h2-14H,15H2,1H3,(H,38,39). The van der Waals surface area contributed by atoms with Gasteiger partial charge >= 0.3 is 21.7 Å². The Labute approximate surface area is 251 Å². The molecule has 230 valence electrons. The van der Waals surface area contributed by atoms with Gasteiger partial charge in [-0.2, -0.15) is 21.6 Å². The van der Waals surface area contributed by atoms with Crippen LogP contribution in [-0.2, 0) is 16.7 Å². The third-order valence-corrected chi connectivity index (χ3v) is 7.99. The second-order valence-corrected chi connectivity index (χ2v) is 11.3. The molecule has 0 saturated carbocycles. The van der Waals surface area contributed by atoms with Gasteiger partial charge in [0.15, 0.2) is 11.5 Å². The molecule has 1 aromatic heterocycles. The van der Waals surface area contributed by atoms with Gasteiger partial charge in [0.25, 0.3) is 11.8 Å². The lowest BCUT2D eigenvalue weighted by Crippen LogP contribution is -2.28. The number of hydrogen-bond donors (Lipinski definition) is 1. The molecule has 1 N–H and O–H groups in total. The van der Waals surface area contributed by atoms with Crippen molar-refractivity contribution in [3.63, 3.8) is 0 Å². The first-order valence-corrected chi connectivity index (χ1v) is 14.3. The Kier molecular flexibility index (Phi) is 6.92. The van der Waals surface area contributed by atoms with Crippen LogP contribution in [0.3, 0.4) is 0 Å². The molecule has 6 rings (SSSR count). The van der Waals surface area contributed by atoms with Crippen LogP contribution < -0.4 is 13.7 Å². The Morgan fingerprint density at radius 3 is 2.16 bits per heavy atom. The van der Waals surface area contributed by atoms with E-state index >= 15 is 0 Å². The Morgan fingerprint density at radius 2 is 1.49 bits per heavy atom. The van der Waals surface area contributed by atoms with E-state index < -0.39 is 50.8 Å². The summed E-state index contributed by atoms with van der Waals surface area (Å²) in [4.78, 5) is 40.0. The molecule has 0 fully saturated rings. The summed E-state index contributed by atoms with van der Waals surface area (Å²) in [6.45, 7) is 0.177. The number of ether oxygens (including phenoxy) is 2. The highest BCUT2D eigenvalue weighted by Gasteiger charge is 2.49. The molecule has 0 bridgehead atoms. The van der Waals surface area contributed by atoms with Gasteiger partial charge in [-0.1, -0.05) is 42.5 Å². The van der Waals surface area contributed by atoms with E-state index in [0.29, 0.717) is 11.1 Å². The van der Waals surface area contributed by atoms with Gasteiger partial charge in [0.2, 0.25) is 0 Å². The van der Waals surface area contributed by atoms with Crippen molar-refractivity contribution in [2.45, 2.75) is 12.1 Å². The SMILES string of the molecule is CN1C(=O)c2c(Oc3ccccc3OS(=O)(=O)C(F)(F)F)cc3c(c2C1=O)c1ccc(OCc2ccccc2)cc1n3C(=O)O. The monoisotopic (exact) mass is 640 g/mol. The summed E-state index contributed by atoms with van der Waals surface area (Å²) in [6.07, 6.45) is -1.47. The summed E-state index contributed by atoms with van der Waals surface area (Å²) in [7, 11) is -4.91. The predicted molar refractivity (Wildman–Crippen MR) is 152 cm³/mol. The molecular formula is C30H19F3N2O9S. The summed E-state index contributed by atoms with van der Waals surface area (Å²) in [5.74, 6) is -3.17. The number of benzene rings is 4. The molecular weight excluding hydrogens is 621 g/mol. The van der Waals surface area contributed by atoms with Crippen molar-refractivity contribution >= 4 is 49.8 Å². The number of carbonyl (C=O) groups is 3. The van der Waals surface area contributed by atoms with Crippen molar-refractivity contribution in [3.05, 3.63) is 95.6 Å². The van der Waals surface area contributed by atoms with E-state index in [1.165, 1.54) is 25.2 Å². The maximum atomic E-state index is 13.4. The molecule has 15 heteroatoms. The number of hydrogen-bond acceptors (Lipinski definition) is 8. The summed E-state index contributed by atoms with van der Waals surface area (Å²) in [6, 6.07) is 19.4. The van der Waals surface area contributed by atoms with Crippen LogP contribution in [0.2, 0.25) is 0 Å². The Morgan fingerprint density at radius 1 is 0.844 bits per heavy atom. The van der Waals surface area contributed by atoms with Gasteiger partial charge in [0, 0.05) is 30.0 Å². The minimum absolute atomic E-state index is 0.0933. The topological polar surface area (TPSA) is 141 Å². The van der Waals surface area contributed by atoms with E-state index in [0.717, 1.165) is 33.2 Å². The highest BCUT2D eigenvalue weighted by molar-refractivity contribution is 7.88. The zero-order chi connectivity index (χ0) is 32.3. The van der Waals surface area contributed by atoms with E-state index in [1.807, 2.05) is 30.3 Å². The normalized spacial score (nSPS) is 13.4. The number of imide groups is 1. The van der Waals surface area contributed by atoms with Crippen molar-refractivity contribution in [2.24, 2.45) is 0 Å². The number of amides is 2. The maximum absolute atomic E-state index is 13.4. The molecule has 1 aliphatic rings. The molecule has 1 aliphatic heterocycles.